The van der Waals surface area contributed by atoms with E-state index in [4.69, 9.17) is 10.9 Å². The summed E-state index contributed by atoms with van der Waals surface area (Å²) in [6.07, 6.45) is 1.90. The van der Waals surface area contributed by atoms with Crippen LogP contribution < -0.4 is 16.4 Å². The van der Waals surface area contributed by atoms with Crippen LogP contribution >= 0.6 is 0 Å². The zero-order valence-corrected chi connectivity index (χ0v) is 13.4. The van der Waals surface area contributed by atoms with Gasteiger partial charge < -0.3 is 21.6 Å². The van der Waals surface area contributed by atoms with Crippen LogP contribution in [0.5, 0.6) is 0 Å². The van der Waals surface area contributed by atoms with Gasteiger partial charge in [-0.05, 0) is 26.2 Å². The third-order valence-corrected chi connectivity index (χ3v) is 3.90. The molecule has 0 aromatic carbocycles. The highest BCUT2D eigenvalue weighted by Gasteiger charge is 2.39. The second-order valence-corrected chi connectivity index (χ2v) is 5.16. The molecule has 0 bridgehead atoms. The maximum atomic E-state index is 12.3. The molecule has 0 saturated carbocycles. The fourth-order valence-electron chi connectivity index (χ4n) is 2.05. The number of nitrogens with one attached hydrogen (secondary N) is 2. The summed E-state index contributed by atoms with van der Waals surface area (Å²) < 4.78 is 0. The van der Waals surface area contributed by atoms with E-state index in [2.05, 4.69) is 15.8 Å². The van der Waals surface area contributed by atoms with Gasteiger partial charge in [0, 0.05) is 19.0 Å². The van der Waals surface area contributed by atoms with E-state index in [0.717, 1.165) is 6.42 Å². The van der Waals surface area contributed by atoms with E-state index in [1.54, 1.807) is 13.8 Å². The summed E-state index contributed by atoms with van der Waals surface area (Å²) in [6, 6.07) is 0.121. The normalized spacial score (nSPS) is 13.6. The minimum Gasteiger partial charge on any atom is -0.409 e. The van der Waals surface area contributed by atoms with Crippen molar-refractivity contribution < 1.29 is 14.8 Å². The number of carbonyl (C=O) groups is 2. The van der Waals surface area contributed by atoms with Crippen molar-refractivity contribution in [3.05, 3.63) is 0 Å². The van der Waals surface area contributed by atoms with Crippen molar-refractivity contribution in [2.24, 2.45) is 16.3 Å². The Morgan fingerprint density at radius 2 is 1.86 bits per heavy atom. The number of hydrogen-bond acceptors (Lipinski definition) is 4. The van der Waals surface area contributed by atoms with E-state index in [1.807, 2.05) is 13.8 Å². The van der Waals surface area contributed by atoms with Gasteiger partial charge in [-0.25, -0.2) is 0 Å². The smallest absolute Gasteiger partial charge is 0.233 e. The summed E-state index contributed by atoms with van der Waals surface area (Å²) in [5.74, 6) is -0.528. The van der Waals surface area contributed by atoms with Crippen LogP contribution in [-0.2, 0) is 9.59 Å². The number of amides is 2. The Labute approximate surface area is 126 Å². The molecule has 21 heavy (non-hydrogen) atoms. The van der Waals surface area contributed by atoms with Gasteiger partial charge in [0.15, 0.2) is 5.84 Å². The minimum absolute atomic E-state index is 0.103. The summed E-state index contributed by atoms with van der Waals surface area (Å²) in [4.78, 5) is 23.9. The topological polar surface area (TPSA) is 117 Å². The highest BCUT2D eigenvalue weighted by molar-refractivity contribution is 6.06. The fraction of sp³-hybridized carbons (Fsp3) is 0.786. The number of nitrogens with two attached hydrogens (primary N) is 1. The molecule has 7 nitrogen and oxygen atoms in total. The monoisotopic (exact) mass is 300 g/mol. The van der Waals surface area contributed by atoms with Crippen LogP contribution in [0.4, 0.5) is 0 Å². The molecule has 0 heterocycles. The quantitative estimate of drug-likeness (QED) is 0.219. The standard InChI is InChI=1S/C14H28N4O3/c1-5-10(4)17-11(19)8-9-16-13(20)14(6-2,7-3)12(15)18-21/h10,21H,5-9H2,1-4H3,(H2,15,18)(H,16,20)(H,17,19). The predicted molar refractivity (Wildman–Crippen MR) is 81.9 cm³/mol. The molecule has 0 radical (unpaired) electrons. The second-order valence-electron chi connectivity index (χ2n) is 5.16. The summed E-state index contributed by atoms with van der Waals surface area (Å²) in [5, 5.41) is 17.3. The van der Waals surface area contributed by atoms with Crippen molar-refractivity contribution >= 4 is 17.6 Å². The largest absolute Gasteiger partial charge is 0.409 e. The molecular weight excluding hydrogens is 272 g/mol. The first-order valence-electron chi connectivity index (χ1n) is 7.43. The third-order valence-electron chi connectivity index (χ3n) is 3.90. The molecule has 1 unspecified atom stereocenters. The average molecular weight is 300 g/mol. The van der Waals surface area contributed by atoms with E-state index in [1.165, 1.54) is 0 Å². The maximum Gasteiger partial charge on any atom is 0.233 e. The van der Waals surface area contributed by atoms with Gasteiger partial charge in [0.2, 0.25) is 11.8 Å². The Kier molecular flexibility index (Phi) is 8.42. The van der Waals surface area contributed by atoms with Gasteiger partial charge in [-0.15, -0.1) is 0 Å². The molecule has 0 aliphatic rings. The lowest BCUT2D eigenvalue weighted by molar-refractivity contribution is -0.128. The van der Waals surface area contributed by atoms with E-state index in [0.29, 0.717) is 12.8 Å². The van der Waals surface area contributed by atoms with Gasteiger partial charge in [0.1, 0.15) is 5.41 Å². The summed E-state index contributed by atoms with van der Waals surface area (Å²) in [5.41, 5.74) is 4.62. The first kappa shape index (κ1) is 19.2. The molecule has 7 heteroatoms. The van der Waals surface area contributed by atoms with Crippen LogP contribution in [-0.4, -0.2) is 35.4 Å². The number of rotatable bonds is 9. The van der Waals surface area contributed by atoms with Crippen molar-refractivity contribution in [2.75, 3.05) is 6.54 Å². The highest BCUT2D eigenvalue weighted by Crippen LogP contribution is 2.26. The van der Waals surface area contributed by atoms with E-state index in [9.17, 15) is 9.59 Å². The minimum atomic E-state index is -1.03. The van der Waals surface area contributed by atoms with Crippen molar-refractivity contribution in [1.82, 2.24) is 10.6 Å². The molecule has 5 N–H and O–H groups in total. The van der Waals surface area contributed by atoms with Gasteiger partial charge in [-0.1, -0.05) is 25.9 Å². The Hall–Kier alpha value is -1.79. The van der Waals surface area contributed by atoms with Crippen LogP contribution in [0.25, 0.3) is 0 Å². The zero-order valence-electron chi connectivity index (χ0n) is 13.4. The number of hydrogen-bond donors (Lipinski definition) is 4. The molecule has 0 aliphatic carbocycles. The summed E-state index contributed by atoms with van der Waals surface area (Å²) in [7, 11) is 0. The molecule has 0 saturated heterocycles. The van der Waals surface area contributed by atoms with Gasteiger partial charge in [0.25, 0.3) is 0 Å². The molecule has 2 amide bonds. The zero-order chi connectivity index (χ0) is 16.5. The maximum absolute atomic E-state index is 12.3. The van der Waals surface area contributed by atoms with E-state index < -0.39 is 5.41 Å². The van der Waals surface area contributed by atoms with Gasteiger partial charge in [-0.2, -0.15) is 0 Å². The number of nitrogens with zero attached hydrogens (tertiary/aromatic N) is 1. The molecule has 0 rings (SSSR count). The number of oxime groups is 1. The lowest BCUT2D eigenvalue weighted by Gasteiger charge is -2.28. The fourth-order valence-corrected chi connectivity index (χ4v) is 2.05. The summed E-state index contributed by atoms with van der Waals surface area (Å²) in [6.45, 7) is 7.74. The molecule has 1 atom stereocenters. The van der Waals surface area contributed by atoms with Gasteiger partial charge in [-0.3, -0.25) is 9.59 Å². The first-order valence-corrected chi connectivity index (χ1v) is 7.43. The molecule has 0 fully saturated rings. The molecule has 0 aromatic heterocycles. The Morgan fingerprint density at radius 3 is 2.29 bits per heavy atom. The SMILES string of the molecule is CCC(C)NC(=O)CCNC(=O)C(CC)(CC)C(N)=NO. The lowest BCUT2D eigenvalue weighted by atomic mass is 9.80. The molecule has 122 valence electrons. The van der Waals surface area contributed by atoms with E-state index >= 15 is 0 Å². The third kappa shape index (κ3) is 5.24. The first-order chi connectivity index (χ1) is 9.87. The Balaban J connectivity index is 4.50. The van der Waals surface area contributed by atoms with Gasteiger partial charge in [0.05, 0.1) is 0 Å². The molecular formula is C14H28N4O3. The highest BCUT2D eigenvalue weighted by atomic mass is 16.4. The van der Waals surface area contributed by atoms with Gasteiger partial charge >= 0.3 is 0 Å². The van der Waals surface area contributed by atoms with E-state index in [-0.39, 0.29) is 36.7 Å². The average Bonchev–Trinajstić information content (AvgIpc) is 2.48. The lowest BCUT2D eigenvalue weighted by Crippen LogP contribution is -2.49. The van der Waals surface area contributed by atoms with Crippen LogP contribution in [0.3, 0.4) is 0 Å². The second kappa shape index (κ2) is 9.20. The Bertz CT molecular complexity index is 378. The van der Waals surface area contributed by atoms with Crippen LogP contribution in [0.2, 0.25) is 0 Å². The Morgan fingerprint density at radius 1 is 1.29 bits per heavy atom. The van der Waals surface area contributed by atoms with Crippen LogP contribution in [0.15, 0.2) is 5.16 Å². The van der Waals surface area contributed by atoms with Crippen LogP contribution in [0, 0.1) is 5.41 Å². The summed E-state index contributed by atoms with van der Waals surface area (Å²) >= 11 is 0. The number of carbonyl (C=O) groups excluding carboxylic acids is 2. The molecule has 0 aliphatic heterocycles. The van der Waals surface area contributed by atoms with Crippen molar-refractivity contribution in [1.29, 1.82) is 0 Å². The van der Waals surface area contributed by atoms with Crippen molar-refractivity contribution in [2.45, 2.75) is 59.4 Å². The number of amidine groups is 1. The van der Waals surface area contributed by atoms with Crippen molar-refractivity contribution in [3.63, 3.8) is 0 Å². The predicted octanol–water partition coefficient (Wildman–Crippen LogP) is 0.960. The van der Waals surface area contributed by atoms with Crippen molar-refractivity contribution in [3.8, 4) is 0 Å². The molecule has 0 spiro atoms. The van der Waals surface area contributed by atoms with Crippen LogP contribution in [0.1, 0.15) is 53.4 Å². The molecule has 0 aromatic rings.